The lowest BCUT2D eigenvalue weighted by Gasteiger charge is -2.32. The molecule has 5 aromatic rings. The number of imidazole rings is 1. The number of aromatic nitrogens is 5. The van der Waals surface area contributed by atoms with Crippen molar-refractivity contribution in [2.75, 3.05) is 33.4 Å². The number of pyridine rings is 1. The van der Waals surface area contributed by atoms with Crippen LogP contribution in [0.4, 0.5) is 0 Å². The number of carbonyl (C=O) groups excluding carboxylic acids is 1. The molecule has 0 saturated carbocycles. The van der Waals surface area contributed by atoms with Gasteiger partial charge in [0, 0.05) is 43.0 Å². The van der Waals surface area contributed by atoms with Crippen LogP contribution in [0.3, 0.4) is 0 Å². The van der Waals surface area contributed by atoms with Crippen molar-refractivity contribution in [1.82, 2.24) is 29.2 Å². The van der Waals surface area contributed by atoms with Gasteiger partial charge in [-0.15, -0.1) is 0 Å². The van der Waals surface area contributed by atoms with Crippen LogP contribution in [0.5, 0.6) is 5.88 Å². The number of benzene rings is 2. The molecular formula is C38H46N6O5. The average molecular weight is 667 g/mol. The molecule has 2 saturated heterocycles. The van der Waals surface area contributed by atoms with E-state index in [1.807, 2.05) is 62.0 Å². The van der Waals surface area contributed by atoms with Crippen molar-refractivity contribution >= 4 is 27.9 Å². The zero-order valence-electron chi connectivity index (χ0n) is 28.9. The average Bonchev–Trinajstić information content (AvgIpc) is 3.63. The van der Waals surface area contributed by atoms with Crippen LogP contribution in [0.2, 0.25) is 0 Å². The van der Waals surface area contributed by atoms with Crippen LogP contribution in [0.1, 0.15) is 73.4 Å². The number of esters is 1. The van der Waals surface area contributed by atoms with Crippen molar-refractivity contribution in [2.45, 2.75) is 83.9 Å². The van der Waals surface area contributed by atoms with Gasteiger partial charge < -0.3 is 23.5 Å². The molecule has 49 heavy (non-hydrogen) atoms. The van der Waals surface area contributed by atoms with Gasteiger partial charge in [-0.05, 0) is 89.0 Å². The molecule has 11 nitrogen and oxygen atoms in total. The number of carbonyl (C=O) groups is 1. The van der Waals surface area contributed by atoms with E-state index in [9.17, 15) is 4.79 Å². The van der Waals surface area contributed by atoms with Crippen molar-refractivity contribution in [1.29, 1.82) is 0 Å². The Hall–Kier alpha value is -4.32. The molecule has 0 unspecified atom stereocenters. The standard InChI is InChI=1S/C38H46N6O5/c1-38(2,3)49-37(45)28-10-11-32-34(21-28)44(23-30-14-18-47-30)35(39-32)24-42-15-12-27(13-16-42)31-6-5-7-36(40-31)48-25-26-8-9-29-22-43(17-19-46-4)41-33(29)20-26/h5-11,20-22,27,30H,12-19,23-25H2,1-4H3/t30-/m0/s1. The van der Waals surface area contributed by atoms with Crippen LogP contribution < -0.4 is 4.74 Å². The molecule has 3 aromatic heterocycles. The Bertz CT molecular complexity index is 1920. The number of hydrogen-bond acceptors (Lipinski definition) is 9. The second-order valence-electron chi connectivity index (χ2n) is 14.1. The highest BCUT2D eigenvalue weighted by atomic mass is 16.6. The summed E-state index contributed by atoms with van der Waals surface area (Å²) in [6.07, 6.45) is 5.25. The van der Waals surface area contributed by atoms with E-state index in [1.54, 1.807) is 7.11 Å². The number of rotatable bonds is 12. The van der Waals surface area contributed by atoms with Gasteiger partial charge in [-0.1, -0.05) is 18.2 Å². The highest BCUT2D eigenvalue weighted by Crippen LogP contribution is 2.30. The molecule has 0 bridgehead atoms. The Balaban J connectivity index is 0.982. The Morgan fingerprint density at radius 3 is 2.59 bits per heavy atom. The molecule has 258 valence electrons. The zero-order chi connectivity index (χ0) is 34.0. The summed E-state index contributed by atoms with van der Waals surface area (Å²) >= 11 is 0. The van der Waals surface area contributed by atoms with E-state index in [0.717, 1.165) is 97.6 Å². The van der Waals surface area contributed by atoms with Gasteiger partial charge in [-0.3, -0.25) is 9.58 Å². The van der Waals surface area contributed by atoms with Gasteiger partial charge >= 0.3 is 5.97 Å². The SMILES string of the molecule is COCCn1cc2ccc(COc3cccc(C4CCN(Cc5nc6ccc(C(=O)OC(C)(C)C)cc6n5C[C@@H]5CCO5)CC4)n3)cc2n1. The summed E-state index contributed by atoms with van der Waals surface area (Å²) < 4.78 is 26.9. The van der Waals surface area contributed by atoms with E-state index in [-0.39, 0.29) is 12.1 Å². The fourth-order valence-electron chi connectivity index (χ4n) is 6.58. The van der Waals surface area contributed by atoms with Crippen molar-refractivity contribution in [3.63, 3.8) is 0 Å². The van der Waals surface area contributed by atoms with Crippen LogP contribution in [0, 0.1) is 0 Å². The Kier molecular flexibility index (Phi) is 9.66. The molecule has 11 heteroatoms. The summed E-state index contributed by atoms with van der Waals surface area (Å²) in [5.74, 6) is 1.69. The van der Waals surface area contributed by atoms with E-state index < -0.39 is 5.60 Å². The van der Waals surface area contributed by atoms with E-state index in [4.69, 9.17) is 28.9 Å². The molecule has 2 aliphatic rings. The first-order valence-electron chi connectivity index (χ1n) is 17.3. The molecule has 1 atom stereocenters. The first kappa shape index (κ1) is 33.2. The number of nitrogens with zero attached hydrogens (tertiary/aromatic N) is 6. The normalized spacial score (nSPS) is 17.4. The molecule has 2 aliphatic heterocycles. The van der Waals surface area contributed by atoms with Crippen LogP contribution in [-0.4, -0.2) is 80.3 Å². The minimum Gasteiger partial charge on any atom is -0.473 e. The summed E-state index contributed by atoms with van der Waals surface area (Å²) in [5.41, 5.74) is 4.89. The summed E-state index contributed by atoms with van der Waals surface area (Å²) in [5, 5.41) is 5.76. The number of hydrogen-bond donors (Lipinski definition) is 0. The molecule has 0 aliphatic carbocycles. The van der Waals surface area contributed by atoms with Gasteiger partial charge in [0.25, 0.3) is 0 Å². The van der Waals surface area contributed by atoms with Gasteiger partial charge in [0.15, 0.2) is 0 Å². The molecule has 0 spiro atoms. The van der Waals surface area contributed by atoms with Crippen molar-refractivity contribution in [2.24, 2.45) is 0 Å². The highest BCUT2D eigenvalue weighted by Gasteiger charge is 2.27. The Morgan fingerprint density at radius 2 is 1.84 bits per heavy atom. The summed E-state index contributed by atoms with van der Waals surface area (Å²) in [6, 6.07) is 18.0. The number of piperidine rings is 1. The minimum absolute atomic E-state index is 0.167. The van der Waals surface area contributed by atoms with Gasteiger partial charge in [-0.2, -0.15) is 5.10 Å². The van der Waals surface area contributed by atoms with Crippen molar-refractivity contribution in [3.8, 4) is 5.88 Å². The third kappa shape index (κ3) is 7.95. The molecule has 0 N–H and O–H groups in total. The fraction of sp³-hybridized carbons (Fsp3) is 0.474. The van der Waals surface area contributed by atoms with Gasteiger partial charge in [0.2, 0.25) is 5.88 Å². The van der Waals surface area contributed by atoms with Crippen LogP contribution >= 0.6 is 0 Å². The molecule has 2 aromatic carbocycles. The van der Waals surface area contributed by atoms with E-state index in [1.165, 1.54) is 0 Å². The number of ether oxygens (including phenoxy) is 4. The van der Waals surface area contributed by atoms with Gasteiger partial charge in [0.1, 0.15) is 18.0 Å². The lowest BCUT2D eigenvalue weighted by molar-refractivity contribution is -0.0592. The molecule has 0 radical (unpaired) electrons. The van der Waals surface area contributed by atoms with Gasteiger partial charge in [-0.25, -0.2) is 14.8 Å². The van der Waals surface area contributed by atoms with Crippen LogP contribution in [0.15, 0.2) is 60.8 Å². The first-order chi connectivity index (χ1) is 23.7. The first-order valence-corrected chi connectivity index (χ1v) is 17.3. The minimum atomic E-state index is -0.556. The van der Waals surface area contributed by atoms with Crippen molar-refractivity contribution < 1.29 is 23.7 Å². The zero-order valence-corrected chi connectivity index (χ0v) is 28.9. The highest BCUT2D eigenvalue weighted by molar-refractivity contribution is 5.94. The molecule has 5 heterocycles. The number of fused-ring (bicyclic) bond motifs is 2. The van der Waals surface area contributed by atoms with Crippen LogP contribution in [0.25, 0.3) is 21.9 Å². The van der Waals surface area contributed by atoms with Crippen molar-refractivity contribution in [3.05, 3.63) is 83.4 Å². The second kappa shape index (κ2) is 14.3. The topological polar surface area (TPSA) is 106 Å². The second-order valence-corrected chi connectivity index (χ2v) is 14.1. The van der Waals surface area contributed by atoms with Gasteiger partial charge in [0.05, 0.1) is 54.5 Å². The monoisotopic (exact) mass is 666 g/mol. The summed E-state index contributed by atoms with van der Waals surface area (Å²) in [4.78, 5) is 25.3. The maximum absolute atomic E-state index is 12.9. The summed E-state index contributed by atoms with van der Waals surface area (Å²) in [6.45, 7) is 11.6. The maximum Gasteiger partial charge on any atom is 0.338 e. The third-order valence-corrected chi connectivity index (χ3v) is 9.29. The smallest absolute Gasteiger partial charge is 0.338 e. The van der Waals surface area contributed by atoms with E-state index >= 15 is 0 Å². The third-order valence-electron chi connectivity index (χ3n) is 9.29. The fourth-order valence-corrected chi connectivity index (χ4v) is 6.58. The van der Waals surface area contributed by atoms with Crippen LogP contribution in [-0.2, 0) is 40.5 Å². The molecular weight excluding hydrogens is 620 g/mol. The predicted molar refractivity (Wildman–Crippen MR) is 187 cm³/mol. The number of likely N-dealkylation sites (tertiary alicyclic amines) is 1. The van der Waals surface area contributed by atoms with E-state index in [0.29, 0.717) is 30.6 Å². The quantitative estimate of drug-likeness (QED) is 0.145. The lowest BCUT2D eigenvalue weighted by Crippen LogP contribution is -2.35. The summed E-state index contributed by atoms with van der Waals surface area (Å²) in [7, 11) is 1.70. The Labute approximate surface area is 287 Å². The largest absolute Gasteiger partial charge is 0.473 e. The molecule has 0 amide bonds. The lowest BCUT2D eigenvalue weighted by atomic mass is 9.93. The molecule has 7 rings (SSSR count). The molecule has 2 fully saturated rings. The number of methoxy groups -OCH3 is 1. The Morgan fingerprint density at radius 1 is 1.00 bits per heavy atom. The maximum atomic E-state index is 12.9. The van der Waals surface area contributed by atoms with E-state index in [2.05, 4.69) is 38.8 Å². The predicted octanol–water partition coefficient (Wildman–Crippen LogP) is 6.13.